The largest absolute Gasteiger partial charge is 0.507 e. The Labute approximate surface area is 253 Å². The second-order valence-corrected chi connectivity index (χ2v) is 11.0. The first kappa shape index (κ1) is 29.5. The first-order valence-corrected chi connectivity index (χ1v) is 13.6. The molecule has 12 N–H and O–H groups in total. The van der Waals surface area contributed by atoms with Gasteiger partial charge >= 0.3 is 0 Å². The molecule has 0 aromatic heterocycles. The van der Waals surface area contributed by atoms with Gasteiger partial charge in [-0.3, -0.25) is 0 Å². The van der Waals surface area contributed by atoms with Gasteiger partial charge in [-0.25, -0.2) is 0 Å². The molecule has 14 heteroatoms. The molecule has 0 spiro atoms. The smallest absolute Gasteiger partial charge is 0.200 e. The highest BCUT2D eigenvalue weighted by Gasteiger charge is 2.38. The van der Waals surface area contributed by atoms with Crippen molar-refractivity contribution in [2.45, 2.75) is 43.7 Å². The van der Waals surface area contributed by atoms with Crippen molar-refractivity contribution in [2.75, 3.05) is 0 Å². The second-order valence-electron chi connectivity index (χ2n) is 11.0. The maximum atomic E-state index is 11.0. The molecule has 0 saturated carbocycles. The van der Waals surface area contributed by atoms with E-state index in [1.54, 1.807) is 0 Å². The highest BCUT2D eigenvalue weighted by atomic mass is 16.5. The van der Waals surface area contributed by atoms with E-state index in [1.165, 1.54) is 0 Å². The molecule has 0 amide bonds. The average Bonchev–Trinajstić information content (AvgIpc) is 2.97. The predicted octanol–water partition coefficient (Wildman–Crippen LogP) is 2.41. The van der Waals surface area contributed by atoms with E-state index < -0.39 is 81.9 Å². The summed E-state index contributed by atoms with van der Waals surface area (Å²) >= 11 is 0. The van der Waals surface area contributed by atoms with E-state index in [2.05, 4.69) is 0 Å². The van der Waals surface area contributed by atoms with E-state index >= 15 is 0 Å². The van der Waals surface area contributed by atoms with Crippen LogP contribution in [0.2, 0.25) is 0 Å². The number of phenolic OH excluding ortho intramolecular Hbond substituents is 10. The van der Waals surface area contributed by atoms with Gasteiger partial charge < -0.3 is 70.8 Å². The van der Waals surface area contributed by atoms with Crippen molar-refractivity contribution in [1.29, 1.82) is 0 Å². The first-order valence-electron chi connectivity index (χ1n) is 13.6. The zero-order valence-corrected chi connectivity index (χ0v) is 23.1. The molecule has 4 aromatic rings. The maximum absolute atomic E-state index is 11.0. The Morgan fingerprint density at radius 2 is 0.800 bits per heavy atom. The highest BCUT2D eigenvalue weighted by molar-refractivity contribution is 5.64. The standard InChI is InChI=1S/C31H28O14/c32-16-8-18(34)14-6-24(40)28(10-1-20(36)26(42)21(37)2-10)44-30(14)12(16)5-13-17(33)9-19(35)15-7-25(41)29(45-31(13)15)11-3-22(38)27(43)23(39)4-11/h1-4,8-9,24-25,28-29,32-43H,5-7H2/t24-,25-,28-,29-/m1/s1. The Morgan fingerprint density at radius 3 is 1.13 bits per heavy atom. The van der Waals surface area contributed by atoms with Gasteiger partial charge in [-0.1, -0.05) is 0 Å². The fraction of sp³-hybridized carbons (Fsp3) is 0.226. The van der Waals surface area contributed by atoms with E-state index in [9.17, 15) is 61.3 Å². The van der Waals surface area contributed by atoms with Crippen molar-refractivity contribution in [3.8, 4) is 69.0 Å². The zero-order chi connectivity index (χ0) is 32.5. The van der Waals surface area contributed by atoms with E-state index in [1.807, 2.05) is 0 Å². The molecule has 0 saturated heterocycles. The topological polar surface area (TPSA) is 261 Å². The summed E-state index contributed by atoms with van der Waals surface area (Å²) in [6.45, 7) is 0. The number of phenols is 10. The monoisotopic (exact) mass is 624 g/mol. The molecule has 0 fully saturated rings. The molecule has 14 nitrogen and oxygen atoms in total. The van der Waals surface area contributed by atoms with Crippen LogP contribution in [-0.4, -0.2) is 73.5 Å². The normalized spacial score (nSPS) is 20.5. The molecule has 236 valence electrons. The number of hydrogen-bond donors (Lipinski definition) is 12. The zero-order valence-electron chi connectivity index (χ0n) is 23.1. The van der Waals surface area contributed by atoms with Crippen molar-refractivity contribution in [3.05, 3.63) is 69.8 Å². The third kappa shape index (κ3) is 4.85. The SMILES string of the molecule is Oc1cc([C@H]2Oc3c(Cc4c(O)cc(O)c5c4O[C@H](c4cc(O)c(O)c(O)c4)[C@H](O)C5)c(O)cc(O)c3C[C@H]2O)cc(O)c1O. The summed E-state index contributed by atoms with van der Waals surface area (Å²) in [7, 11) is 0. The molecule has 2 aliphatic heterocycles. The van der Waals surface area contributed by atoms with E-state index in [0.717, 1.165) is 36.4 Å². The van der Waals surface area contributed by atoms with Crippen LogP contribution < -0.4 is 9.47 Å². The molecular formula is C31H28O14. The van der Waals surface area contributed by atoms with Gasteiger partial charge in [-0.05, 0) is 24.3 Å². The third-order valence-electron chi connectivity index (χ3n) is 8.09. The van der Waals surface area contributed by atoms with Gasteiger partial charge in [-0.2, -0.15) is 0 Å². The molecule has 0 unspecified atom stereocenters. The quantitative estimate of drug-likeness (QED) is 0.146. The van der Waals surface area contributed by atoms with Gasteiger partial charge in [0.15, 0.2) is 46.7 Å². The lowest BCUT2D eigenvalue weighted by molar-refractivity contribution is 0.0180. The van der Waals surface area contributed by atoms with Crippen LogP contribution in [0.3, 0.4) is 0 Å². The van der Waals surface area contributed by atoms with Crippen molar-refractivity contribution in [1.82, 2.24) is 0 Å². The summed E-state index contributed by atoms with van der Waals surface area (Å²) in [4.78, 5) is 0. The van der Waals surface area contributed by atoms with Crippen LogP contribution in [0.5, 0.6) is 69.0 Å². The summed E-state index contributed by atoms with van der Waals surface area (Å²) in [5.41, 5.74) is 0.299. The van der Waals surface area contributed by atoms with Gasteiger partial charge in [0.2, 0.25) is 0 Å². The fourth-order valence-corrected chi connectivity index (χ4v) is 5.84. The Hall–Kier alpha value is -5.60. The lowest BCUT2D eigenvalue weighted by atomic mass is 9.88. The number of aliphatic hydroxyl groups is 2. The molecule has 0 radical (unpaired) electrons. The Bertz CT molecular complexity index is 1670. The summed E-state index contributed by atoms with van der Waals surface area (Å²) in [6, 6.07) is 6.30. The minimum absolute atomic E-state index is 0.00121. The van der Waals surface area contributed by atoms with Crippen LogP contribution in [0.4, 0.5) is 0 Å². The molecule has 4 atom stereocenters. The lowest BCUT2D eigenvalue weighted by Crippen LogP contribution is -2.31. The number of rotatable bonds is 4. The maximum Gasteiger partial charge on any atom is 0.200 e. The van der Waals surface area contributed by atoms with Crippen LogP contribution in [0.1, 0.15) is 45.6 Å². The highest BCUT2D eigenvalue weighted by Crippen LogP contribution is 2.52. The number of ether oxygens (including phenoxy) is 2. The van der Waals surface area contributed by atoms with Crippen LogP contribution in [0.15, 0.2) is 36.4 Å². The number of aliphatic hydroxyl groups excluding tert-OH is 2. The van der Waals surface area contributed by atoms with Gasteiger partial charge in [-0.15, -0.1) is 0 Å². The number of fused-ring (bicyclic) bond motifs is 2. The molecule has 45 heavy (non-hydrogen) atoms. The fourth-order valence-electron chi connectivity index (χ4n) is 5.84. The first-order chi connectivity index (χ1) is 21.2. The number of hydrogen-bond acceptors (Lipinski definition) is 14. The molecule has 2 heterocycles. The van der Waals surface area contributed by atoms with Crippen LogP contribution >= 0.6 is 0 Å². The summed E-state index contributed by atoms with van der Waals surface area (Å²) in [5, 5.41) is 124. The van der Waals surface area contributed by atoms with Gasteiger partial charge in [0.05, 0.1) is 12.2 Å². The van der Waals surface area contributed by atoms with Crippen LogP contribution in [0, 0.1) is 0 Å². The van der Waals surface area contributed by atoms with E-state index in [0.29, 0.717) is 0 Å². The van der Waals surface area contributed by atoms with E-state index in [4.69, 9.17) is 9.47 Å². The number of benzene rings is 4. The molecule has 4 aromatic carbocycles. The van der Waals surface area contributed by atoms with Crippen molar-refractivity contribution in [2.24, 2.45) is 0 Å². The summed E-state index contributed by atoms with van der Waals surface area (Å²) in [5.74, 6) is -6.31. The van der Waals surface area contributed by atoms with Crippen LogP contribution in [-0.2, 0) is 19.3 Å². The summed E-state index contributed by atoms with van der Waals surface area (Å²) in [6.07, 6.45) is -5.93. The second kappa shape index (κ2) is 10.5. The number of aromatic hydroxyl groups is 10. The lowest BCUT2D eigenvalue weighted by Gasteiger charge is -2.34. The molecule has 6 rings (SSSR count). The van der Waals surface area contributed by atoms with E-state index in [-0.39, 0.29) is 64.1 Å². The van der Waals surface area contributed by atoms with Crippen molar-refractivity contribution >= 4 is 0 Å². The summed E-state index contributed by atoms with van der Waals surface area (Å²) < 4.78 is 12.1. The Balaban J connectivity index is 1.44. The minimum atomic E-state index is -1.32. The molecular weight excluding hydrogens is 596 g/mol. The van der Waals surface area contributed by atoms with Crippen molar-refractivity contribution in [3.63, 3.8) is 0 Å². The average molecular weight is 625 g/mol. The van der Waals surface area contributed by atoms with Crippen LogP contribution in [0.25, 0.3) is 0 Å². The molecule has 0 bridgehead atoms. The van der Waals surface area contributed by atoms with Gasteiger partial charge in [0, 0.05) is 64.8 Å². The third-order valence-corrected chi connectivity index (χ3v) is 8.09. The minimum Gasteiger partial charge on any atom is -0.507 e. The molecule has 2 aliphatic rings. The van der Waals surface area contributed by atoms with Gasteiger partial charge in [0.25, 0.3) is 0 Å². The van der Waals surface area contributed by atoms with Crippen molar-refractivity contribution < 1.29 is 70.8 Å². The van der Waals surface area contributed by atoms with Gasteiger partial charge in [0.1, 0.15) is 34.5 Å². The Morgan fingerprint density at radius 1 is 0.467 bits per heavy atom. The molecule has 0 aliphatic carbocycles. The predicted molar refractivity (Wildman–Crippen MR) is 151 cm³/mol. The Kier molecular flexibility index (Phi) is 6.90.